The molecule has 0 fully saturated rings. The van der Waals surface area contributed by atoms with Crippen LogP contribution in [-0.4, -0.2) is 10.9 Å². The van der Waals surface area contributed by atoms with E-state index in [1.165, 1.54) is 0 Å². The molecule has 3 heteroatoms. The van der Waals surface area contributed by atoms with Crippen LogP contribution >= 0.6 is 0 Å². The minimum Gasteiger partial charge on any atom is -0.352 e. The average Bonchev–Trinajstić information content (AvgIpc) is 2.38. The predicted molar refractivity (Wildman–Crippen MR) is 62.6 cm³/mol. The van der Waals surface area contributed by atoms with Crippen molar-refractivity contribution in [2.45, 2.75) is 25.8 Å². The van der Waals surface area contributed by atoms with Crippen molar-refractivity contribution in [1.29, 1.82) is 0 Å². The lowest BCUT2D eigenvalue weighted by Crippen LogP contribution is -2.30. The fourth-order valence-electron chi connectivity index (χ4n) is 1.87. The van der Waals surface area contributed by atoms with E-state index in [-0.39, 0.29) is 11.8 Å². The summed E-state index contributed by atoms with van der Waals surface area (Å²) in [5.41, 5.74) is 1.09. The summed E-state index contributed by atoms with van der Waals surface area (Å²) >= 11 is 0. The van der Waals surface area contributed by atoms with Crippen LogP contribution in [-0.2, 0) is 11.3 Å². The Labute approximate surface area is 95.6 Å². The van der Waals surface area contributed by atoms with E-state index >= 15 is 0 Å². The van der Waals surface area contributed by atoms with Crippen molar-refractivity contribution < 1.29 is 4.79 Å². The van der Waals surface area contributed by atoms with Gasteiger partial charge in [-0.15, -0.1) is 0 Å². The second kappa shape index (κ2) is 5.45. The molecule has 1 aliphatic carbocycles. The van der Waals surface area contributed by atoms with Crippen molar-refractivity contribution in [2.75, 3.05) is 0 Å². The maximum Gasteiger partial charge on any atom is 0.223 e. The van der Waals surface area contributed by atoms with Crippen molar-refractivity contribution in [3.8, 4) is 0 Å². The van der Waals surface area contributed by atoms with E-state index in [2.05, 4.69) is 22.5 Å². The summed E-state index contributed by atoms with van der Waals surface area (Å²) in [4.78, 5) is 15.8. The first kappa shape index (κ1) is 10.9. The van der Waals surface area contributed by atoms with Gasteiger partial charge in [-0.1, -0.05) is 12.2 Å². The number of nitrogens with one attached hydrogen (secondary N) is 1. The monoisotopic (exact) mass is 216 g/mol. The highest BCUT2D eigenvalue weighted by molar-refractivity contribution is 5.78. The number of rotatable bonds is 3. The van der Waals surface area contributed by atoms with Gasteiger partial charge >= 0.3 is 0 Å². The van der Waals surface area contributed by atoms with E-state index in [9.17, 15) is 4.79 Å². The minimum atomic E-state index is 0.159. The van der Waals surface area contributed by atoms with Crippen LogP contribution in [0.1, 0.15) is 24.8 Å². The third-order valence-corrected chi connectivity index (χ3v) is 2.86. The van der Waals surface area contributed by atoms with Crippen LogP contribution in [0.25, 0.3) is 0 Å². The fraction of sp³-hybridized carbons (Fsp3) is 0.385. The van der Waals surface area contributed by atoms with Crippen LogP contribution in [0.5, 0.6) is 0 Å². The molecule has 1 aromatic heterocycles. The van der Waals surface area contributed by atoms with Crippen LogP contribution in [0.3, 0.4) is 0 Å². The summed E-state index contributed by atoms with van der Waals surface area (Å²) in [6.45, 7) is 0.599. The standard InChI is InChI=1S/C13H16N2O/c16-13(12-4-2-1-3-5-12)15-10-11-6-8-14-9-7-11/h1-2,6-9,12H,3-5,10H2,(H,15,16)/t12-/m0/s1. The van der Waals surface area contributed by atoms with Crippen LogP contribution in [0.2, 0.25) is 0 Å². The maximum absolute atomic E-state index is 11.8. The molecule has 1 atom stereocenters. The Morgan fingerprint density at radius 3 is 2.88 bits per heavy atom. The van der Waals surface area contributed by atoms with Gasteiger partial charge in [0.25, 0.3) is 0 Å². The highest BCUT2D eigenvalue weighted by Crippen LogP contribution is 2.18. The Morgan fingerprint density at radius 1 is 1.38 bits per heavy atom. The van der Waals surface area contributed by atoms with Crippen molar-refractivity contribution in [1.82, 2.24) is 10.3 Å². The van der Waals surface area contributed by atoms with Crippen molar-refractivity contribution in [3.63, 3.8) is 0 Å². The highest BCUT2D eigenvalue weighted by Gasteiger charge is 2.17. The lowest BCUT2D eigenvalue weighted by Gasteiger charge is -2.17. The molecular formula is C13H16N2O. The van der Waals surface area contributed by atoms with Gasteiger partial charge in [-0.05, 0) is 37.0 Å². The Morgan fingerprint density at radius 2 is 2.19 bits per heavy atom. The third kappa shape index (κ3) is 2.92. The number of hydrogen-bond acceptors (Lipinski definition) is 2. The Hall–Kier alpha value is -1.64. The van der Waals surface area contributed by atoms with Crippen LogP contribution < -0.4 is 5.32 Å². The Kier molecular flexibility index (Phi) is 3.70. The largest absolute Gasteiger partial charge is 0.352 e. The van der Waals surface area contributed by atoms with E-state index in [1.807, 2.05) is 12.1 Å². The SMILES string of the molecule is O=C(NCc1ccncc1)[C@H]1CC=CCC1. The fourth-order valence-corrected chi connectivity index (χ4v) is 1.87. The molecule has 0 saturated heterocycles. The number of hydrogen-bond donors (Lipinski definition) is 1. The molecule has 0 radical (unpaired) electrons. The first-order valence-electron chi connectivity index (χ1n) is 5.68. The predicted octanol–water partition coefficient (Wildman–Crippen LogP) is 2.05. The minimum absolute atomic E-state index is 0.159. The molecule has 0 spiro atoms. The van der Waals surface area contributed by atoms with Crippen LogP contribution in [0, 0.1) is 5.92 Å². The summed E-state index contributed by atoms with van der Waals surface area (Å²) in [7, 11) is 0. The molecule has 1 heterocycles. The first-order chi connectivity index (χ1) is 7.86. The molecule has 2 rings (SSSR count). The van der Waals surface area contributed by atoms with Crippen LogP contribution in [0.4, 0.5) is 0 Å². The van der Waals surface area contributed by atoms with Gasteiger partial charge in [0, 0.05) is 24.9 Å². The van der Waals surface area contributed by atoms with Crippen LogP contribution in [0.15, 0.2) is 36.7 Å². The Balaban J connectivity index is 1.82. The highest BCUT2D eigenvalue weighted by atomic mass is 16.1. The van der Waals surface area contributed by atoms with Gasteiger partial charge in [0.1, 0.15) is 0 Å². The van der Waals surface area contributed by atoms with Gasteiger partial charge in [0.05, 0.1) is 0 Å². The Bertz CT molecular complexity index is 373. The summed E-state index contributed by atoms with van der Waals surface area (Å²) in [6, 6.07) is 3.84. The maximum atomic E-state index is 11.8. The lowest BCUT2D eigenvalue weighted by atomic mass is 9.93. The molecule has 0 aliphatic heterocycles. The number of aromatic nitrogens is 1. The van der Waals surface area contributed by atoms with Crippen molar-refractivity contribution >= 4 is 5.91 Å². The second-order valence-corrected chi connectivity index (χ2v) is 4.05. The molecule has 84 valence electrons. The molecule has 1 amide bonds. The second-order valence-electron chi connectivity index (χ2n) is 4.05. The topological polar surface area (TPSA) is 42.0 Å². The first-order valence-corrected chi connectivity index (χ1v) is 5.68. The molecule has 1 aliphatic rings. The van der Waals surface area contributed by atoms with Gasteiger partial charge in [-0.25, -0.2) is 0 Å². The molecule has 16 heavy (non-hydrogen) atoms. The lowest BCUT2D eigenvalue weighted by molar-refractivity contribution is -0.125. The van der Waals surface area contributed by atoms with E-state index in [0.717, 1.165) is 24.8 Å². The molecule has 0 aromatic carbocycles. The number of amides is 1. The van der Waals surface area contributed by atoms with Crippen molar-refractivity contribution in [3.05, 3.63) is 42.2 Å². The zero-order valence-corrected chi connectivity index (χ0v) is 9.23. The number of carbonyl (C=O) groups is 1. The summed E-state index contributed by atoms with van der Waals surface area (Å²) < 4.78 is 0. The molecule has 1 N–H and O–H groups in total. The summed E-state index contributed by atoms with van der Waals surface area (Å²) in [5.74, 6) is 0.327. The number of allylic oxidation sites excluding steroid dienone is 2. The smallest absolute Gasteiger partial charge is 0.223 e. The van der Waals surface area contributed by atoms with E-state index in [1.54, 1.807) is 12.4 Å². The quantitative estimate of drug-likeness (QED) is 0.786. The molecule has 0 bridgehead atoms. The normalized spacial score (nSPS) is 19.4. The number of pyridine rings is 1. The molecule has 0 saturated carbocycles. The zero-order chi connectivity index (χ0) is 11.2. The summed E-state index contributed by atoms with van der Waals surface area (Å²) in [5, 5.41) is 2.97. The molecular weight excluding hydrogens is 200 g/mol. The van der Waals surface area contributed by atoms with Gasteiger partial charge < -0.3 is 5.32 Å². The van der Waals surface area contributed by atoms with Gasteiger partial charge in [0.15, 0.2) is 0 Å². The van der Waals surface area contributed by atoms with Crippen molar-refractivity contribution in [2.24, 2.45) is 5.92 Å². The molecule has 3 nitrogen and oxygen atoms in total. The van der Waals surface area contributed by atoms with Gasteiger partial charge in [0.2, 0.25) is 5.91 Å². The van der Waals surface area contributed by atoms with E-state index in [0.29, 0.717) is 6.54 Å². The number of carbonyl (C=O) groups excluding carboxylic acids is 1. The molecule has 0 unspecified atom stereocenters. The van der Waals surface area contributed by atoms with Gasteiger partial charge in [-0.2, -0.15) is 0 Å². The van der Waals surface area contributed by atoms with E-state index < -0.39 is 0 Å². The third-order valence-electron chi connectivity index (χ3n) is 2.86. The average molecular weight is 216 g/mol. The zero-order valence-electron chi connectivity index (χ0n) is 9.23. The van der Waals surface area contributed by atoms with Gasteiger partial charge in [-0.3, -0.25) is 9.78 Å². The summed E-state index contributed by atoms with van der Waals surface area (Å²) in [6.07, 6.45) is 10.6. The molecule has 1 aromatic rings. The number of nitrogens with zero attached hydrogens (tertiary/aromatic N) is 1. The van der Waals surface area contributed by atoms with E-state index in [4.69, 9.17) is 0 Å².